The Bertz CT molecular complexity index is 584. The number of ether oxygens (including phenoxy) is 3. The van der Waals surface area contributed by atoms with Gasteiger partial charge >= 0.3 is 11.9 Å². The fourth-order valence-corrected chi connectivity index (χ4v) is 5.18. The summed E-state index contributed by atoms with van der Waals surface area (Å²) in [6, 6.07) is 0. The zero-order chi connectivity index (χ0) is 15.9. The van der Waals surface area contributed by atoms with E-state index in [1.165, 1.54) is 6.92 Å². The molecular formula is C17H22O5. The predicted molar refractivity (Wildman–Crippen MR) is 76.8 cm³/mol. The predicted octanol–water partition coefficient (Wildman–Crippen LogP) is 1.99. The average Bonchev–Trinajstić information content (AvgIpc) is 2.93. The van der Waals surface area contributed by atoms with Gasteiger partial charge in [-0.05, 0) is 25.7 Å². The van der Waals surface area contributed by atoms with Gasteiger partial charge in [-0.2, -0.15) is 0 Å². The Morgan fingerprint density at radius 2 is 2.14 bits per heavy atom. The minimum Gasteiger partial charge on any atom is -0.458 e. The van der Waals surface area contributed by atoms with E-state index < -0.39 is 5.60 Å². The smallest absolute Gasteiger partial charge is 0.334 e. The van der Waals surface area contributed by atoms with E-state index in [1.807, 2.05) is 0 Å². The second-order valence-electron chi connectivity index (χ2n) is 7.54. The van der Waals surface area contributed by atoms with Gasteiger partial charge in [0.2, 0.25) is 0 Å². The van der Waals surface area contributed by atoms with Crippen LogP contribution in [0.4, 0.5) is 0 Å². The maximum absolute atomic E-state index is 11.8. The van der Waals surface area contributed by atoms with Gasteiger partial charge in [0.15, 0.2) is 0 Å². The molecule has 0 aromatic carbocycles. The number of hydrogen-bond acceptors (Lipinski definition) is 5. The maximum Gasteiger partial charge on any atom is 0.334 e. The highest BCUT2D eigenvalue weighted by molar-refractivity contribution is 5.90. The van der Waals surface area contributed by atoms with Crippen molar-refractivity contribution in [2.24, 2.45) is 17.8 Å². The molecule has 0 N–H and O–H groups in total. The second kappa shape index (κ2) is 4.13. The monoisotopic (exact) mass is 306 g/mol. The lowest BCUT2D eigenvalue weighted by Gasteiger charge is -2.41. The number of fused-ring (bicyclic) bond motifs is 4. The van der Waals surface area contributed by atoms with Crippen molar-refractivity contribution in [2.75, 3.05) is 0 Å². The van der Waals surface area contributed by atoms with Crippen LogP contribution in [0, 0.1) is 17.8 Å². The Morgan fingerprint density at radius 1 is 1.41 bits per heavy atom. The Hall–Kier alpha value is -1.36. The summed E-state index contributed by atoms with van der Waals surface area (Å²) in [5.74, 6) is -0.297. The van der Waals surface area contributed by atoms with Crippen LogP contribution in [-0.4, -0.2) is 35.3 Å². The molecule has 0 amide bonds. The molecule has 7 atom stereocenters. The first-order valence-electron chi connectivity index (χ1n) is 8.05. The van der Waals surface area contributed by atoms with Crippen molar-refractivity contribution >= 4 is 11.9 Å². The van der Waals surface area contributed by atoms with Crippen LogP contribution < -0.4 is 0 Å². The number of carbonyl (C=O) groups is 2. The summed E-state index contributed by atoms with van der Waals surface area (Å²) in [4.78, 5) is 23.6. The first-order valence-corrected chi connectivity index (χ1v) is 8.05. The molecule has 4 fully saturated rings. The molecular weight excluding hydrogens is 284 g/mol. The number of carbonyl (C=O) groups excluding carboxylic acids is 2. The zero-order valence-corrected chi connectivity index (χ0v) is 13.3. The van der Waals surface area contributed by atoms with Crippen LogP contribution in [0.25, 0.3) is 0 Å². The van der Waals surface area contributed by atoms with Crippen LogP contribution in [0.3, 0.4) is 0 Å². The fraction of sp³-hybridized carbons (Fsp3) is 0.765. The summed E-state index contributed by atoms with van der Waals surface area (Å²) in [7, 11) is 0. The topological polar surface area (TPSA) is 65.1 Å². The van der Waals surface area contributed by atoms with Gasteiger partial charge in [0.05, 0.1) is 11.7 Å². The molecule has 5 nitrogen and oxygen atoms in total. The Morgan fingerprint density at radius 3 is 2.82 bits per heavy atom. The lowest BCUT2D eigenvalue weighted by atomic mass is 9.74. The third kappa shape index (κ3) is 1.63. The lowest BCUT2D eigenvalue weighted by molar-refractivity contribution is -0.177. The minimum atomic E-state index is -0.499. The summed E-state index contributed by atoms with van der Waals surface area (Å²) in [5, 5.41) is 0. The quantitative estimate of drug-likeness (QED) is 0.421. The maximum atomic E-state index is 11.8. The third-order valence-electron chi connectivity index (χ3n) is 6.42. The van der Waals surface area contributed by atoms with Gasteiger partial charge in [-0.3, -0.25) is 4.79 Å². The normalized spacial score (nSPS) is 52.2. The molecule has 4 aliphatic rings. The van der Waals surface area contributed by atoms with Gasteiger partial charge in [-0.25, -0.2) is 4.79 Å². The third-order valence-corrected chi connectivity index (χ3v) is 6.42. The van der Waals surface area contributed by atoms with E-state index >= 15 is 0 Å². The Balaban J connectivity index is 1.74. The van der Waals surface area contributed by atoms with Gasteiger partial charge in [0, 0.05) is 30.8 Å². The molecule has 0 aromatic rings. The first-order chi connectivity index (χ1) is 10.3. The molecule has 0 spiro atoms. The van der Waals surface area contributed by atoms with Crippen molar-refractivity contribution in [3.8, 4) is 0 Å². The van der Waals surface area contributed by atoms with Crippen molar-refractivity contribution in [3.63, 3.8) is 0 Å². The SMILES string of the molecule is C=C1C(=O)OC2CC(C)C3(OC(C)=O)CC4OC4(C)C3CC12. The molecule has 0 radical (unpaired) electrons. The summed E-state index contributed by atoms with van der Waals surface area (Å²) < 4.78 is 17.3. The molecule has 0 aromatic heterocycles. The van der Waals surface area contributed by atoms with E-state index in [4.69, 9.17) is 14.2 Å². The lowest BCUT2D eigenvalue weighted by Crippen LogP contribution is -2.48. The molecule has 5 heteroatoms. The molecule has 2 heterocycles. The van der Waals surface area contributed by atoms with Crippen LogP contribution in [0.15, 0.2) is 12.2 Å². The van der Waals surface area contributed by atoms with Crippen molar-refractivity contribution in [1.82, 2.24) is 0 Å². The van der Waals surface area contributed by atoms with Gasteiger partial charge in [-0.1, -0.05) is 13.5 Å². The number of epoxide rings is 1. The Labute approximate surface area is 130 Å². The summed E-state index contributed by atoms with van der Waals surface area (Å²) in [6.45, 7) is 9.59. The van der Waals surface area contributed by atoms with E-state index in [0.717, 1.165) is 12.8 Å². The molecule has 2 saturated heterocycles. The van der Waals surface area contributed by atoms with Crippen LogP contribution in [0.1, 0.15) is 40.0 Å². The number of rotatable bonds is 1. The molecule has 2 saturated carbocycles. The number of hydrogen-bond donors (Lipinski definition) is 0. The highest BCUT2D eigenvalue weighted by Gasteiger charge is 2.75. The molecule has 2 aliphatic heterocycles. The molecule has 4 rings (SSSR count). The van der Waals surface area contributed by atoms with E-state index in [0.29, 0.717) is 12.0 Å². The highest BCUT2D eigenvalue weighted by Crippen LogP contribution is 2.65. The molecule has 22 heavy (non-hydrogen) atoms. The second-order valence-corrected chi connectivity index (χ2v) is 7.54. The van der Waals surface area contributed by atoms with E-state index in [1.54, 1.807) is 0 Å². The zero-order valence-electron chi connectivity index (χ0n) is 13.3. The molecule has 0 bridgehead atoms. The van der Waals surface area contributed by atoms with Gasteiger partial charge in [-0.15, -0.1) is 0 Å². The van der Waals surface area contributed by atoms with Crippen LogP contribution in [0.5, 0.6) is 0 Å². The molecule has 7 unspecified atom stereocenters. The number of esters is 2. The van der Waals surface area contributed by atoms with Crippen molar-refractivity contribution in [3.05, 3.63) is 12.2 Å². The van der Waals surface area contributed by atoms with E-state index in [9.17, 15) is 9.59 Å². The molecule has 120 valence electrons. The Kier molecular flexibility index (Phi) is 2.68. The van der Waals surface area contributed by atoms with Crippen LogP contribution in [0.2, 0.25) is 0 Å². The standard InChI is InChI=1S/C17H22O5/c1-8-5-12-11(9(2)15(19)20-12)6-13-16(4)14(22-16)7-17(8,13)21-10(3)18/h8,11-14H,2,5-7H2,1,3-4H3. The van der Waals surface area contributed by atoms with Crippen molar-refractivity contribution in [2.45, 2.75) is 63.4 Å². The minimum absolute atomic E-state index is 0.0113. The van der Waals surface area contributed by atoms with Crippen LogP contribution >= 0.6 is 0 Å². The average molecular weight is 306 g/mol. The van der Waals surface area contributed by atoms with E-state index in [-0.39, 0.29) is 47.5 Å². The molecule has 2 aliphatic carbocycles. The highest BCUT2D eigenvalue weighted by atomic mass is 16.6. The fourth-order valence-electron chi connectivity index (χ4n) is 5.18. The van der Waals surface area contributed by atoms with Gasteiger partial charge in [0.25, 0.3) is 0 Å². The van der Waals surface area contributed by atoms with E-state index in [2.05, 4.69) is 20.4 Å². The van der Waals surface area contributed by atoms with Crippen LogP contribution in [-0.2, 0) is 23.8 Å². The summed E-state index contributed by atoms with van der Waals surface area (Å²) in [6.07, 6.45) is 2.20. The van der Waals surface area contributed by atoms with Crippen molar-refractivity contribution < 1.29 is 23.8 Å². The van der Waals surface area contributed by atoms with Crippen molar-refractivity contribution in [1.29, 1.82) is 0 Å². The first kappa shape index (κ1) is 14.2. The van der Waals surface area contributed by atoms with Gasteiger partial charge < -0.3 is 14.2 Å². The largest absolute Gasteiger partial charge is 0.458 e. The van der Waals surface area contributed by atoms with Gasteiger partial charge in [0.1, 0.15) is 11.7 Å². The summed E-state index contributed by atoms with van der Waals surface area (Å²) >= 11 is 0. The summed E-state index contributed by atoms with van der Waals surface area (Å²) in [5.41, 5.74) is -0.186.